The first kappa shape index (κ1) is 14.0. The molecule has 2 aliphatic rings. The van der Waals surface area contributed by atoms with E-state index in [1.165, 1.54) is 0 Å². The van der Waals surface area contributed by atoms with Crippen molar-refractivity contribution in [1.82, 2.24) is 0 Å². The first-order valence-corrected chi connectivity index (χ1v) is 7.00. The molecule has 0 amide bonds. The highest BCUT2D eigenvalue weighted by atomic mass is 16.4. The van der Waals surface area contributed by atoms with E-state index in [2.05, 4.69) is 13.8 Å². The van der Waals surface area contributed by atoms with Crippen molar-refractivity contribution in [2.45, 2.75) is 64.3 Å². The molecule has 0 aromatic rings. The minimum Gasteiger partial charge on any atom is -0.389 e. The zero-order valence-electron chi connectivity index (χ0n) is 11.8. The van der Waals surface area contributed by atoms with Crippen LogP contribution in [0.1, 0.15) is 47.0 Å². The van der Waals surface area contributed by atoms with Gasteiger partial charge in [0, 0.05) is 12.3 Å². The zero-order chi connectivity index (χ0) is 13.7. The summed E-state index contributed by atoms with van der Waals surface area (Å²) >= 11 is 0. The van der Waals surface area contributed by atoms with Gasteiger partial charge in [-0.25, -0.2) is 0 Å². The van der Waals surface area contributed by atoms with Crippen molar-refractivity contribution < 1.29 is 15.3 Å². The number of rotatable bonds is 1. The summed E-state index contributed by atoms with van der Waals surface area (Å²) in [5.41, 5.74) is -1.38. The van der Waals surface area contributed by atoms with Crippen molar-refractivity contribution in [1.29, 1.82) is 0 Å². The van der Waals surface area contributed by atoms with E-state index in [-0.39, 0.29) is 12.3 Å². The van der Waals surface area contributed by atoms with E-state index >= 15 is 0 Å². The second kappa shape index (κ2) is 4.32. The van der Waals surface area contributed by atoms with E-state index < -0.39 is 17.3 Å². The van der Waals surface area contributed by atoms with Crippen LogP contribution in [0, 0.1) is 17.8 Å². The van der Waals surface area contributed by atoms with E-state index in [1.807, 2.05) is 13.0 Å². The molecule has 0 radical (unpaired) electrons. The second-order valence-electron chi connectivity index (χ2n) is 6.80. The summed E-state index contributed by atoms with van der Waals surface area (Å²) in [5.74, 6) is 0.791. The first-order chi connectivity index (χ1) is 8.19. The molecule has 104 valence electrons. The van der Waals surface area contributed by atoms with Crippen LogP contribution in [0.3, 0.4) is 0 Å². The SMILES string of the molecule is CC1=CC2C(C(C)C)CCC(C)(O)C2(O)CC1O. The molecule has 1 fully saturated rings. The second-order valence-corrected chi connectivity index (χ2v) is 6.80. The van der Waals surface area contributed by atoms with Crippen LogP contribution in [0.15, 0.2) is 11.6 Å². The molecular formula is C15H26O3. The van der Waals surface area contributed by atoms with Crippen LogP contribution in [0.5, 0.6) is 0 Å². The monoisotopic (exact) mass is 254 g/mol. The third-order valence-electron chi connectivity index (χ3n) is 5.24. The Morgan fingerprint density at radius 1 is 1.33 bits per heavy atom. The van der Waals surface area contributed by atoms with Crippen molar-refractivity contribution >= 4 is 0 Å². The van der Waals surface area contributed by atoms with Gasteiger partial charge >= 0.3 is 0 Å². The van der Waals surface area contributed by atoms with Crippen LogP contribution >= 0.6 is 0 Å². The Balaban J connectivity index is 2.44. The summed E-state index contributed by atoms with van der Waals surface area (Å²) in [4.78, 5) is 0. The molecule has 5 unspecified atom stereocenters. The maximum absolute atomic E-state index is 11.0. The Morgan fingerprint density at radius 3 is 2.50 bits per heavy atom. The molecule has 18 heavy (non-hydrogen) atoms. The molecule has 5 atom stereocenters. The number of hydrogen-bond donors (Lipinski definition) is 3. The summed E-state index contributed by atoms with van der Waals surface area (Å²) in [6.07, 6.45) is 3.13. The number of hydrogen-bond acceptors (Lipinski definition) is 3. The summed E-state index contributed by atoms with van der Waals surface area (Å²) in [6, 6.07) is 0. The van der Waals surface area contributed by atoms with Crippen LogP contribution in [0.25, 0.3) is 0 Å². The molecule has 0 saturated heterocycles. The largest absolute Gasteiger partial charge is 0.389 e. The zero-order valence-corrected chi connectivity index (χ0v) is 11.8. The third kappa shape index (κ3) is 1.93. The molecular weight excluding hydrogens is 228 g/mol. The van der Waals surface area contributed by atoms with Gasteiger partial charge in [0.2, 0.25) is 0 Å². The molecule has 1 saturated carbocycles. The number of fused-ring (bicyclic) bond motifs is 1. The highest BCUT2D eigenvalue weighted by molar-refractivity contribution is 5.24. The van der Waals surface area contributed by atoms with E-state index in [0.29, 0.717) is 18.3 Å². The van der Waals surface area contributed by atoms with Crippen LogP contribution in [0.4, 0.5) is 0 Å². The van der Waals surface area contributed by atoms with E-state index in [0.717, 1.165) is 12.0 Å². The van der Waals surface area contributed by atoms with Gasteiger partial charge in [-0.1, -0.05) is 19.9 Å². The van der Waals surface area contributed by atoms with Crippen LogP contribution in [0.2, 0.25) is 0 Å². The third-order valence-corrected chi connectivity index (χ3v) is 5.24. The quantitative estimate of drug-likeness (QED) is 0.626. The van der Waals surface area contributed by atoms with Gasteiger partial charge in [0.15, 0.2) is 0 Å². The topological polar surface area (TPSA) is 60.7 Å². The average molecular weight is 254 g/mol. The maximum atomic E-state index is 11.0. The Bertz CT molecular complexity index is 359. The Hall–Kier alpha value is -0.380. The molecule has 2 rings (SSSR count). The molecule has 2 aliphatic carbocycles. The van der Waals surface area contributed by atoms with Gasteiger partial charge in [0.25, 0.3) is 0 Å². The summed E-state index contributed by atoms with van der Waals surface area (Å²) in [6.45, 7) is 7.95. The molecule has 0 aromatic carbocycles. The Morgan fingerprint density at radius 2 is 1.94 bits per heavy atom. The van der Waals surface area contributed by atoms with Crippen molar-refractivity contribution in [2.24, 2.45) is 17.8 Å². The van der Waals surface area contributed by atoms with E-state index in [4.69, 9.17) is 0 Å². The van der Waals surface area contributed by atoms with Crippen LogP contribution in [-0.2, 0) is 0 Å². The maximum Gasteiger partial charge on any atom is 0.102 e. The van der Waals surface area contributed by atoms with Gasteiger partial charge in [0.05, 0.1) is 11.7 Å². The highest BCUT2D eigenvalue weighted by Gasteiger charge is 2.58. The summed E-state index contributed by atoms with van der Waals surface area (Å²) < 4.78 is 0. The molecule has 0 aromatic heterocycles. The van der Waals surface area contributed by atoms with Crippen molar-refractivity contribution in [3.63, 3.8) is 0 Å². The standard InChI is InChI=1S/C15H26O3/c1-9(2)11-5-6-14(4,17)15(18)8-13(16)10(3)7-12(11)15/h7,9,11-13,16-18H,5-6,8H2,1-4H3. The molecule has 0 bridgehead atoms. The fourth-order valence-electron chi connectivity index (χ4n) is 3.77. The molecule has 0 aliphatic heterocycles. The smallest absolute Gasteiger partial charge is 0.102 e. The molecule has 3 nitrogen and oxygen atoms in total. The lowest BCUT2D eigenvalue weighted by molar-refractivity contribution is -0.217. The van der Waals surface area contributed by atoms with Crippen molar-refractivity contribution in [3.8, 4) is 0 Å². The summed E-state index contributed by atoms with van der Waals surface area (Å²) in [5, 5.41) is 31.5. The average Bonchev–Trinajstić information content (AvgIpc) is 2.23. The predicted molar refractivity (Wildman–Crippen MR) is 71.0 cm³/mol. The normalized spacial score (nSPS) is 48.9. The summed E-state index contributed by atoms with van der Waals surface area (Å²) in [7, 11) is 0. The molecule has 3 N–H and O–H groups in total. The first-order valence-electron chi connectivity index (χ1n) is 7.00. The van der Waals surface area contributed by atoms with Gasteiger partial charge in [-0.3, -0.25) is 0 Å². The van der Waals surface area contributed by atoms with Gasteiger partial charge in [-0.05, 0) is 44.1 Å². The minimum atomic E-state index is -1.20. The van der Waals surface area contributed by atoms with Crippen LogP contribution < -0.4 is 0 Å². The van der Waals surface area contributed by atoms with Gasteiger partial charge in [0.1, 0.15) is 5.60 Å². The Labute approximate surface area is 110 Å². The van der Waals surface area contributed by atoms with Gasteiger partial charge in [-0.15, -0.1) is 0 Å². The predicted octanol–water partition coefficient (Wildman–Crippen LogP) is 1.86. The molecule has 3 heteroatoms. The number of aliphatic hydroxyl groups excluding tert-OH is 1. The van der Waals surface area contributed by atoms with E-state index in [9.17, 15) is 15.3 Å². The lowest BCUT2D eigenvalue weighted by Crippen LogP contribution is -2.64. The molecule has 0 heterocycles. The molecule has 0 spiro atoms. The van der Waals surface area contributed by atoms with Gasteiger partial charge < -0.3 is 15.3 Å². The van der Waals surface area contributed by atoms with E-state index in [1.54, 1.807) is 6.92 Å². The fourth-order valence-corrected chi connectivity index (χ4v) is 3.77. The lowest BCUT2D eigenvalue weighted by atomic mass is 9.55. The fraction of sp³-hybridized carbons (Fsp3) is 0.867. The lowest BCUT2D eigenvalue weighted by Gasteiger charge is -2.56. The van der Waals surface area contributed by atoms with Crippen molar-refractivity contribution in [2.75, 3.05) is 0 Å². The minimum absolute atomic E-state index is 0.0513. The van der Waals surface area contributed by atoms with Gasteiger partial charge in [-0.2, -0.15) is 0 Å². The number of aliphatic hydroxyl groups is 3. The Kier molecular flexibility index (Phi) is 3.37. The van der Waals surface area contributed by atoms with Crippen LogP contribution in [-0.4, -0.2) is 32.6 Å². The highest BCUT2D eigenvalue weighted by Crippen LogP contribution is 2.52. The van der Waals surface area contributed by atoms with Crippen molar-refractivity contribution in [3.05, 3.63) is 11.6 Å².